The third kappa shape index (κ3) is 1.61. The van der Waals surface area contributed by atoms with Gasteiger partial charge in [0, 0.05) is 18.5 Å². The van der Waals surface area contributed by atoms with Crippen LogP contribution in [0.1, 0.15) is 6.92 Å². The molecule has 1 aromatic carbocycles. The molecule has 0 aliphatic heterocycles. The molecule has 84 valence electrons. The van der Waals surface area contributed by atoms with Gasteiger partial charge >= 0.3 is 0 Å². The SMILES string of the molecule is CC(=O)Nc1nc2c(ccc3ncccc32)[nH]1. The number of carbonyl (C=O) groups excluding carboxylic acids is 1. The van der Waals surface area contributed by atoms with Crippen molar-refractivity contribution in [2.45, 2.75) is 6.92 Å². The van der Waals surface area contributed by atoms with Crippen molar-refractivity contribution < 1.29 is 4.79 Å². The van der Waals surface area contributed by atoms with Crippen molar-refractivity contribution in [2.24, 2.45) is 0 Å². The van der Waals surface area contributed by atoms with E-state index in [1.165, 1.54) is 6.92 Å². The number of nitrogens with one attached hydrogen (secondary N) is 2. The second-order valence-corrected chi connectivity index (χ2v) is 3.80. The number of H-pyrrole nitrogens is 1. The van der Waals surface area contributed by atoms with E-state index < -0.39 is 0 Å². The molecule has 2 N–H and O–H groups in total. The van der Waals surface area contributed by atoms with Gasteiger partial charge in [0.15, 0.2) is 0 Å². The van der Waals surface area contributed by atoms with E-state index >= 15 is 0 Å². The number of benzene rings is 1. The summed E-state index contributed by atoms with van der Waals surface area (Å²) in [4.78, 5) is 22.6. The van der Waals surface area contributed by atoms with Crippen molar-refractivity contribution in [3.05, 3.63) is 30.5 Å². The highest BCUT2D eigenvalue weighted by molar-refractivity contribution is 6.03. The van der Waals surface area contributed by atoms with E-state index in [0.717, 1.165) is 21.9 Å². The van der Waals surface area contributed by atoms with E-state index in [4.69, 9.17) is 0 Å². The minimum absolute atomic E-state index is 0.147. The summed E-state index contributed by atoms with van der Waals surface area (Å²) in [5.41, 5.74) is 2.59. The van der Waals surface area contributed by atoms with Crippen LogP contribution in [0.5, 0.6) is 0 Å². The van der Waals surface area contributed by atoms with Gasteiger partial charge in [-0.15, -0.1) is 0 Å². The molecule has 0 saturated heterocycles. The van der Waals surface area contributed by atoms with E-state index in [0.29, 0.717) is 5.95 Å². The molecule has 1 amide bonds. The van der Waals surface area contributed by atoms with E-state index in [1.54, 1.807) is 6.20 Å². The molecule has 0 fully saturated rings. The Morgan fingerprint density at radius 2 is 2.24 bits per heavy atom. The third-order valence-corrected chi connectivity index (χ3v) is 2.53. The molecule has 17 heavy (non-hydrogen) atoms. The molecule has 0 saturated carbocycles. The lowest BCUT2D eigenvalue weighted by molar-refractivity contribution is -0.114. The summed E-state index contributed by atoms with van der Waals surface area (Å²) < 4.78 is 0. The highest BCUT2D eigenvalue weighted by Gasteiger charge is 2.07. The van der Waals surface area contributed by atoms with Crippen LogP contribution in [0.15, 0.2) is 30.5 Å². The Labute approximate surface area is 96.9 Å². The summed E-state index contributed by atoms with van der Waals surface area (Å²) in [6, 6.07) is 7.66. The second kappa shape index (κ2) is 3.55. The number of pyridine rings is 1. The molecular weight excluding hydrogens is 216 g/mol. The average molecular weight is 226 g/mol. The van der Waals surface area contributed by atoms with Crippen LogP contribution >= 0.6 is 0 Å². The maximum atomic E-state index is 11.0. The van der Waals surface area contributed by atoms with Gasteiger partial charge in [-0.25, -0.2) is 4.98 Å². The molecule has 0 bridgehead atoms. The lowest BCUT2D eigenvalue weighted by Gasteiger charge is -1.95. The number of aromatic amines is 1. The van der Waals surface area contributed by atoms with Crippen molar-refractivity contribution >= 4 is 33.8 Å². The first-order chi connectivity index (χ1) is 8.24. The number of amides is 1. The van der Waals surface area contributed by atoms with Gasteiger partial charge in [-0.05, 0) is 24.3 Å². The van der Waals surface area contributed by atoms with Crippen LogP contribution in [-0.4, -0.2) is 20.9 Å². The van der Waals surface area contributed by atoms with Crippen molar-refractivity contribution in [2.75, 3.05) is 5.32 Å². The van der Waals surface area contributed by atoms with Gasteiger partial charge in [-0.1, -0.05) is 0 Å². The number of anilines is 1. The fraction of sp³-hybridized carbons (Fsp3) is 0.0833. The minimum atomic E-state index is -0.147. The fourth-order valence-electron chi connectivity index (χ4n) is 1.85. The number of aromatic nitrogens is 3. The molecule has 3 aromatic rings. The van der Waals surface area contributed by atoms with Crippen molar-refractivity contribution in [1.29, 1.82) is 0 Å². The summed E-state index contributed by atoms with van der Waals surface area (Å²) in [5, 5.41) is 3.60. The Morgan fingerprint density at radius 3 is 3.06 bits per heavy atom. The fourth-order valence-corrected chi connectivity index (χ4v) is 1.85. The van der Waals surface area contributed by atoms with Gasteiger partial charge in [-0.3, -0.25) is 15.1 Å². The molecule has 2 heterocycles. The number of nitrogens with zero attached hydrogens (tertiary/aromatic N) is 2. The number of hydrogen-bond donors (Lipinski definition) is 2. The molecule has 0 aliphatic carbocycles. The molecule has 5 nitrogen and oxygen atoms in total. The minimum Gasteiger partial charge on any atom is -0.324 e. The van der Waals surface area contributed by atoms with Gasteiger partial charge in [0.1, 0.15) is 0 Å². The van der Waals surface area contributed by atoms with Gasteiger partial charge in [-0.2, -0.15) is 0 Å². The Balaban J connectivity index is 2.27. The first-order valence-corrected chi connectivity index (χ1v) is 5.25. The van der Waals surface area contributed by atoms with Crippen LogP contribution in [0.25, 0.3) is 21.9 Å². The van der Waals surface area contributed by atoms with E-state index in [9.17, 15) is 4.79 Å². The predicted molar refractivity (Wildman–Crippen MR) is 65.7 cm³/mol. The largest absolute Gasteiger partial charge is 0.324 e. The van der Waals surface area contributed by atoms with Gasteiger partial charge in [0.25, 0.3) is 0 Å². The third-order valence-electron chi connectivity index (χ3n) is 2.53. The topological polar surface area (TPSA) is 70.7 Å². The molecule has 0 atom stereocenters. The first kappa shape index (κ1) is 9.77. The molecular formula is C12H10N4O. The predicted octanol–water partition coefficient (Wildman–Crippen LogP) is 2.07. The lowest BCUT2D eigenvalue weighted by atomic mass is 10.2. The summed E-state index contributed by atoms with van der Waals surface area (Å²) in [5.74, 6) is 0.315. The second-order valence-electron chi connectivity index (χ2n) is 3.80. The maximum absolute atomic E-state index is 11.0. The number of fused-ring (bicyclic) bond motifs is 3. The zero-order valence-corrected chi connectivity index (χ0v) is 9.19. The quantitative estimate of drug-likeness (QED) is 0.667. The van der Waals surface area contributed by atoms with Crippen LogP contribution in [0.3, 0.4) is 0 Å². The molecule has 0 radical (unpaired) electrons. The number of hydrogen-bond acceptors (Lipinski definition) is 3. The number of imidazole rings is 1. The van der Waals surface area contributed by atoms with Crippen molar-refractivity contribution in [3.63, 3.8) is 0 Å². The molecule has 5 heteroatoms. The molecule has 0 unspecified atom stereocenters. The van der Waals surface area contributed by atoms with Crippen LogP contribution in [-0.2, 0) is 4.79 Å². The van der Waals surface area contributed by atoms with Crippen molar-refractivity contribution in [1.82, 2.24) is 15.0 Å². The van der Waals surface area contributed by atoms with E-state index in [1.807, 2.05) is 24.3 Å². The summed E-state index contributed by atoms with van der Waals surface area (Å²) >= 11 is 0. The van der Waals surface area contributed by atoms with Crippen LogP contribution in [0.4, 0.5) is 5.95 Å². The average Bonchev–Trinajstić information content (AvgIpc) is 2.70. The highest BCUT2D eigenvalue weighted by atomic mass is 16.1. The standard InChI is InChI=1S/C12H10N4O/c1-7(17)14-12-15-10-5-4-9-8(11(10)16-12)3-2-6-13-9/h2-6H,1H3,(H2,14,15,16,17). The Kier molecular flexibility index (Phi) is 2.04. The summed E-state index contributed by atoms with van der Waals surface area (Å²) in [7, 11) is 0. The smallest absolute Gasteiger partial charge is 0.223 e. The molecule has 0 spiro atoms. The van der Waals surface area contributed by atoms with Gasteiger partial charge in [0.05, 0.1) is 16.6 Å². The zero-order chi connectivity index (χ0) is 11.8. The van der Waals surface area contributed by atoms with Crippen molar-refractivity contribution in [3.8, 4) is 0 Å². The molecule has 2 aromatic heterocycles. The van der Waals surface area contributed by atoms with Crippen LogP contribution in [0, 0.1) is 0 Å². The molecule has 3 rings (SSSR count). The van der Waals surface area contributed by atoms with Gasteiger partial charge < -0.3 is 4.98 Å². The lowest BCUT2D eigenvalue weighted by Crippen LogP contribution is -2.06. The van der Waals surface area contributed by atoms with E-state index in [-0.39, 0.29) is 5.91 Å². The highest BCUT2D eigenvalue weighted by Crippen LogP contribution is 2.23. The number of rotatable bonds is 1. The maximum Gasteiger partial charge on any atom is 0.223 e. The molecule has 0 aliphatic rings. The Bertz CT molecular complexity index is 717. The number of carbonyl (C=O) groups is 1. The Morgan fingerprint density at radius 1 is 1.35 bits per heavy atom. The normalized spacial score (nSPS) is 10.9. The van der Waals surface area contributed by atoms with Crippen LogP contribution < -0.4 is 5.32 Å². The Hall–Kier alpha value is -2.43. The monoisotopic (exact) mass is 226 g/mol. The first-order valence-electron chi connectivity index (χ1n) is 5.25. The summed E-state index contributed by atoms with van der Waals surface area (Å²) in [6.45, 7) is 1.45. The van der Waals surface area contributed by atoms with Crippen LogP contribution in [0.2, 0.25) is 0 Å². The zero-order valence-electron chi connectivity index (χ0n) is 9.19. The van der Waals surface area contributed by atoms with E-state index in [2.05, 4.69) is 20.3 Å². The summed E-state index contributed by atoms with van der Waals surface area (Å²) in [6.07, 6.45) is 1.75. The van der Waals surface area contributed by atoms with Gasteiger partial charge in [0.2, 0.25) is 11.9 Å².